The summed E-state index contributed by atoms with van der Waals surface area (Å²) < 4.78 is 1.60. The average molecular weight is 302 g/mol. The molecule has 0 saturated carbocycles. The normalized spacial score (nSPS) is 11.1. The highest BCUT2D eigenvalue weighted by molar-refractivity contribution is 7.99. The Morgan fingerprint density at radius 3 is 3.05 bits per heavy atom. The molecule has 0 bridgehead atoms. The van der Waals surface area contributed by atoms with E-state index in [4.69, 9.17) is 5.73 Å². The van der Waals surface area contributed by atoms with Gasteiger partial charge in [0, 0.05) is 17.6 Å². The third kappa shape index (κ3) is 2.62. The monoisotopic (exact) mass is 302 g/mol. The lowest BCUT2D eigenvalue weighted by atomic mass is 10.2. The highest BCUT2D eigenvalue weighted by atomic mass is 32.2. The summed E-state index contributed by atoms with van der Waals surface area (Å²) in [6.07, 6.45) is 2.35. The topological polar surface area (TPSA) is 102 Å². The Kier molecular flexibility index (Phi) is 3.61. The molecule has 0 radical (unpaired) electrons. The molecule has 2 aromatic heterocycles. The van der Waals surface area contributed by atoms with E-state index in [1.165, 1.54) is 18.1 Å². The van der Waals surface area contributed by atoms with Crippen LogP contribution in [0.2, 0.25) is 0 Å². The Balaban J connectivity index is 2.06. The maximum atomic E-state index is 11.7. The molecule has 108 valence electrons. The number of rotatable bonds is 4. The number of H-pyrrole nitrogens is 1. The Labute approximate surface area is 124 Å². The molecule has 0 aliphatic heterocycles. The second-order valence-corrected chi connectivity index (χ2v) is 5.48. The standard InChI is InChI=1S/C13H14N6OS/c1-2-5-19-12(20)17-18-13(19)21-11-9-6-8(14)3-4-10(9)15-7-16-11/h3-4,6-7H,2,5,14H2,1H3,(H,17,20). The zero-order valence-electron chi connectivity index (χ0n) is 11.4. The fourth-order valence-electron chi connectivity index (χ4n) is 2.02. The number of anilines is 1. The van der Waals surface area contributed by atoms with Gasteiger partial charge in [0.2, 0.25) is 0 Å². The van der Waals surface area contributed by atoms with Gasteiger partial charge in [-0.2, -0.15) is 0 Å². The molecule has 3 rings (SSSR count). The van der Waals surface area contributed by atoms with Crippen LogP contribution in [0.25, 0.3) is 10.9 Å². The molecule has 2 heterocycles. The van der Waals surface area contributed by atoms with Crippen molar-refractivity contribution in [3.63, 3.8) is 0 Å². The molecule has 1 aromatic carbocycles. The van der Waals surface area contributed by atoms with Crippen LogP contribution < -0.4 is 11.4 Å². The molecule has 0 spiro atoms. The molecule has 0 atom stereocenters. The first-order valence-electron chi connectivity index (χ1n) is 6.52. The lowest BCUT2D eigenvalue weighted by Crippen LogP contribution is -2.17. The van der Waals surface area contributed by atoms with Crippen molar-refractivity contribution in [1.82, 2.24) is 24.7 Å². The van der Waals surface area contributed by atoms with E-state index >= 15 is 0 Å². The van der Waals surface area contributed by atoms with Crippen molar-refractivity contribution >= 4 is 28.4 Å². The summed E-state index contributed by atoms with van der Waals surface area (Å²) in [7, 11) is 0. The van der Waals surface area contributed by atoms with Crippen LogP contribution in [0.15, 0.2) is 39.5 Å². The molecular formula is C13H14N6OS. The number of aromatic amines is 1. The third-order valence-corrected chi connectivity index (χ3v) is 3.99. The summed E-state index contributed by atoms with van der Waals surface area (Å²) in [5.41, 5.74) is 7.07. The van der Waals surface area contributed by atoms with E-state index in [-0.39, 0.29) is 5.69 Å². The van der Waals surface area contributed by atoms with Gasteiger partial charge >= 0.3 is 5.69 Å². The molecule has 8 heteroatoms. The average Bonchev–Trinajstić information content (AvgIpc) is 2.81. The number of hydrogen-bond acceptors (Lipinski definition) is 6. The van der Waals surface area contributed by atoms with Gasteiger partial charge in [-0.25, -0.2) is 19.9 Å². The van der Waals surface area contributed by atoms with Crippen LogP contribution >= 0.6 is 11.8 Å². The number of nitrogens with zero attached hydrogens (tertiary/aromatic N) is 4. The predicted molar refractivity (Wildman–Crippen MR) is 81.2 cm³/mol. The van der Waals surface area contributed by atoms with Crippen LogP contribution in [0.1, 0.15) is 13.3 Å². The van der Waals surface area contributed by atoms with Crippen LogP contribution in [0.5, 0.6) is 0 Å². The minimum atomic E-state index is -0.211. The van der Waals surface area contributed by atoms with E-state index in [0.29, 0.717) is 17.4 Å². The van der Waals surface area contributed by atoms with E-state index in [1.807, 2.05) is 19.1 Å². The maximum Gasteiger partial charge on any atom is 0.343 e. The van der Waals surface area contributed by atoms with Crippen LogP contribution in [0.3, 0.4) is 0 Å². The molecule has 21 heavy (non-hydrogen) atoms. The van der Waals surface area contributed by atoms with Gasteiger partial charge < -0.3 is 5.73 Å². The molecule has 0 aliphatic rings. The number of nitrogen functional groups attached to an aromatic ring is 1. The molecule has 0 unspecified atom stereocenters. The van der Waals surface area contributed by atoms with Gasteiger partial charge in [-0.3, -0.25) is 4.57 Å². The highest BCUT2D eigenvalue weighted by Crippen LogP contribution is 2.30. The van der Waals surface area contributed by atoms with Gasteiger partial charge in [0.15, 0.2) is 5.16 Å². The summed E-state index contributed by atoms with van der Waals surface area (Å²) in [5, 5.41) is 8.69. The number of fused-ring (bicyclic) bond motifs is 1. The van der Waals surface area contributed by atoms with E-state index in [9.17, 15) is 4.79 Å². The van der Waals surface area contributed by atoms with Gasteiger partial charge in [-0.15, -0.1) is 5.10 Å². The zero-order chi connectivity index (χ0) is 14.8. The number of hydrogen-bond donors (Lipinski definition) is 2. The summed E-state index contributed by atoms with van der Waals surface area (Å²) in [6.45, 7) is 2.62. The van der Waals surface area contributed by atoms with Crippen LogP contribution in [0, 0.1) is 0 Å². The minimum Gasteiger partial charge on any atom is -0.399 e. The predicted octanol–water partition coefficient (Wildman–Crippen LogP) is 1.66. The Bertz CT molecular complexity index is 840. The van der Waals surface area contributed by atoms with E-state index in [1.54, 1.807) is 10.6 Å². The second-order valence-electron chi connectivity index (χ2n) is 4.52. The van der Waals surface area contributed by atoms with Crippen molar-refractivity contribution in [3.05, 3.63) is 35.0 Å². The fourth-order valence-corrected chi connectivity index (χ4v) is 2.94. The first-order valence-corrected chi connectivity index (χ1v) is 7.34. The number of aromatic nitrogens is 5. The van der Waals surface area contributed by atoms with E-state index < -0.39 is 0 Å². The Morgan fingerprint density at radius 2 is 2.24 bits per heavy atom. The van der Waals surface area contributed by atoms with E-state index in [2.05, 4.69) is 20.2 Å². The SMILES string of the molecule is CCCn1c(Sc2ncnc3ccc(N)cc23)n[nH]c1=O. The molecule has 0 fully saturated rings. The Morgan fingerprint density at radius 1 is 1.38 bits per heavy atom. The smallest absolute Gasteiger partial charge is 0.343 e. The van der Waals surface area contributed by atoms with Crippen LogP contribution in [-0.2, 0) is 6.54 Å². The Hall–Kier alpha value is -2.35. The molecule has 7 nitrogen and oxygen atoms in total. The second kappa shape index (κ2) is 5.57. The summed E-state index contributed by atoms with van der Waals surface area (Å²) in [4.78, 5) is 20.2. The number of benzene rings is 1. The van der Waals surface area contributed by atoms with Crippen LogP contribution in [-0.4, -0.2) is 24.7 Å². The molecule has 3 N–H and O–H groups in total. The highest BCUT2D eigenvalue weighted by Gasteiger charge is 2.12. The molecule has 0 amide bonds. The summed E-state index contributed by atoms with van der Waals surface area (Å²) in [5.74, 6) is 0. The van der Waals surface area contributed by atoms with Crippen molar-refractivity contribution in [3.8, 4) is 0 Å². The van der Waals surface area contributed by atoms with Crippen LogP contribution in [0.4, 0.5) is 5.69 Å². The largest absolute Gasteiger partial charge is 0.399 e. The maximum absolute atomic E-state index is 11.7. The quantitative estimate of drug-likeness (QED) is 0.561. The third-order valence-electron chi connectivity index (χ3n) is 2.98. The van der Waals surface area contributed by atoms with Gasteiger partial charge in [-0.05, 0) is 36.4 Å². The number of nitrogens with two attached hydrogens (primary N) is 1. The van der Waals surface area contributed by atoms with Gasteiger partial charge in [0.25, 0.3) is 0 Å². The van der Waals surface area contributed by atoms with E-state index in [0.717, 1.165) is 22.3 Å². The lowest BCUT2D eigenvalue weighted by Gasteiger charge is -2.06. The fraction of sp³-hybridized carbons (Fsp3) is 0.231. The van der Waals surface area contributed by atoms with Crippen molar-refractivity contribution < 1.29 is 0 Å². The van der Waals surface area contributed by atoms with Gasteiger partial charge in [0.05, 0.1) is 5.52 Å². The molecule has 0 saturated heterocycles. The van der Waals surface area contributed by atoms with Crippen molar-refractivity contribution in [2.75, 3.05) is 5.73 Å². The lowest BCUT2D eigenvalue weighted by molar-refractivity contribution is 0.603. The summed E-state index contributed by atoms with van der Waals surface area (Å²) in [6, 6.07) is 5.47. The van der Waals surface area contributed by atoms with Crippen molar-refractivity contribution in [2.24, 2.45) is 0 Å². The molecule has 0 aliphatic carbocycles. The van der Waals surface area contributed by atoms with Gasteiger partial charge in [0.1, 0.15) is 11.4 Å². The van der Waals surface area contributed by atoms with Crippen molar-refractivity contribution in [2.45, 2.75) is 30.1 Å². The van der Waals surface area contributed by atoms with Crippen molar-refractivity contribution in [1.29, 1.82) is 0 Å². The first kappa shape index (κ1) is 13.6. The minimum absolute atomic E-state index is 0.211. The summed E-state index contributed by atoms with van der Waals surface area (Å²) >= 11 is 1.33. The molecular weight excluding hydrogens is 288 g/mol. The number of nitrogens with one attached hydrogen (secondary N) is 1. The zero-order valence-corrected chi connectivity index (χ0v) is 12.2. The first-order chi connectivity index (χ1) is 10.2. The van der Waals surface area contributed by atoms with Gasteiger partial charge in [-0.1, -0.05) is 6.92 Å². The molecule has 3 aromatic rings.